The number of pyridine rings is 1. The van der Waals surface area contributed by atoms with Crippen molar-refractivity contribution in [2.75, 3.05) is 10.6 Å². The van der Waals surface area contributed by atoms with Crippen LogP contribution in [0.1, 0.15) is 43.1 Å². The largest absolute Gasteiger partial charge is 0.362 e. The standard InChI is InChI=1S/C21H23N5O/c1-4-22-19-13(2)20(24-12-23-19)25-14(3)18-11-15-7-5-6-8-17(15)21(27)26(18)16-9-10-16/h4-8,11-12,14,16H,1,9-10H2,2-3H3,(H2,22,23,24,25). The molecule has 1 unspecified atom stereocenters. The van der Waals surface area contributed by atoms with Crippen molar-refractivity contribution >= 4 is 22.4 Å². The minimum Gasteiger partial charge on any atom is -0.362 e. The molecule has 6 nitrogen and oxygen atoms in total. The molecule has 3 aromatic rings. The summed E-state index contributed by atoms with van der Waals surface area (Å²) >= 11 is 0. The summed E-state index contributed by atoms with van der Waals surface area (Å²) in [6.07, 6.45) is 5.22. The lowest BCUT2D eigenvalue weighted by Gasteiger charge is -2.22. The zero-order valence-corrected chi connectivity index (χ0v) is 15.6. The van der Waals surface area contributed by atoms with Gasteiger partial charge in [0, 0.05) is 22.7 Å². The third kappa shape index (κ3) is 3.18. The van der Waals surface area contributed by atoms with Crippen LogP contribution in [0.2, 0.25) is 0 Å². The summed E-state index contributed by atoms with van der Waals surface area (Å²) in [6, 6.07) is 10.1. The minimum atomic E-state index is -0.0758. The predicted molar refractivity (Wildman–Crippen MR) is 109 cm³/mol. The lowest BCUT2D eigenvalue weighted by atomic mass is 10.1. The van der Waals surface area contributed by atoms with Crippen molar-refractivity contribution in [3.63, 3.8) is 0 Å². The van der Waals surface area contributed by atoms with Crippen LogP contribution in [0, 0.1) is 6.92 Å². The highest BCUT2D eigenvalue weighted by atomic mass is 16.1. The van der Waals surface area contributed by atoms with Gasteiger partial charge in [-0.3, -0.25) is 4.79 Å². The Bertz CT molecular complexity index is 1070. The number of rotatable bonds is 6. The molecular weight excluding hydrogens is 338 g/mol. The molecule has 0 saturated heterocycles. The molecule has 1 aliphatic rings. The Morgan fingerprint density at radius 2 is 2.00 bits per heavy atom. The maximum Gasteiger partial charge on any atom is 0.258 e. The van der Waals surface area contributed by atoms with Crippen molar-refractivity contribution in [2.45, 2.75) is 38.8 Å². The first-order chi connectivity index (χ1) is 13.1. The highest BCUT2D eigenvalue weighted by Gasteiger charge is 2.29. The van der Waals surface area contributed by atoms with E-state index in [9.17, 15) is 4.79 Å². The van der Waals surface area contributed by atoms with Gasteiger partial charge in [0.05, 0.1) is 6.04 Å². The molecule has 1 atom stereocenters. The van der Waals surface area contributed by atoms with Gasteiger partial charge in [0.15, 0.2) is 0 Å². The third-order valence-corrected chi connectivity index (χ3v) is 5.02. The summed E-state index contributed by atoms with van der Waals surface area (Å²) in [4.78, 5) is 21.7. The topological polar surface area (TPSA) is 71.8 Å². The number of nitrogens with zero attached hydrogens (tertiary/aromatic N) is 3. The van der Waals surface area contributed by atoms with E-state index in [1.54, 1.807) is 6.20 Å². The molecule has 0 amide bonds. The van der Waals surface area contributed by atoms with Gasteiger partial charge in [-0.15, -0.1) is 0 Å². The molecule has 2 N–H and O–H groups in total. The molecule has 1 aromatic carbocycles. The monoisotopic (exact) mass is 361 g/mol. The molecule has 138 valence electrons. The smallest absolute Gasteiger partial charge is 0.258 e. The quantitative estimate of drug-likeness (QED) is 0.690. The Kier molecular flexibility index (Phi) is 4.39. The van der Waals surface area contributed by atoms with Crippen LogP contribution in [0.5, 0.6) is 0 Å². The fourth-order valence-electron chi connectivity index (χ4n) is 3.45. The summed E-state index contributed by atoms with van der Waals surface area (Å²) < 4.78 is 1.96. The maximum absolute atomic E-state index is 13.1. The lowest BCUT2D eigenvalue weighted by molar-refractivity contribution is 0.635. The minimum absolute atomic E-state index is 0.0758. The number of hydrogen-bond acceptors (Lipinski definition) is 5. The Morgan fingerprint density at radius 3 is 2.74 bits per heavy atom. The second-order valence-corrected chi connectivity index (χ2v) is 6.97. The van der Waals surface area contributed by atoms with Crippen LogP contribution in [0.3, 0.4) is 0 Å². The molecule has 2 aromatic heterocycles. The van der Waals surface area contributed by atoms with Crippen molar-refractivity contribution in [1.82, 2.24) is 14.5 Å². The SMILES string of the molecule is C=CNc1ncnc(NC(C)c2cc3ccccc3c(=O)n2C2CC2)c1C. The van der Waals surface area contributed by atoms with E-state index in [0.717, 1.165) is 40.7 Å². The highest BCUT2D eigenvalue weighted by Crippen LogP contribution is 2.37. The predicted octanol–water partition coefficient (Wildman–Crippen LogP) is 4.16. The van der Waals surface area contributed by atoms with Crippen LogP contribution >= 0.6 is 0 Å². The molecule has 2 heterocycles. The molecule has 0 spiro atoms. The van der Waals surface area contributed by atoms with Crippen molar-refractivity contribution in [1.29, 1.82) is 0 Å². The zero-order valence-electron chi connectivity index (χ0n) is 15.6. The molecule has 0 radical (unpaired) electrons. The van der Waals surface area contributed by atoms with Crippen LogP contribution in [0.4, 0.5) is 11.6 Å². The van der Waals surface area contributed by atoms with Crippen LogP contribution < -0.4 is 16.2 Å². The molecule has 1 aliphatic carbocycles. The average molecular weight is 361 g/mol. The zero-order chi connectivity index (χ0) is 19.0. The first-order valence-corrected chi connectivity index (χ1v) is 9.20. The fourth-order valence-corrected chi connectivity index (χ4v) is 3.45. The Balaban J connectivity index is 1.76. The van der Waals surface area contributed by atoms with Gasteiger partial charge in [-0.1, -0.05) is 24.8 Å². The number of aromatic nitrogens is 3. The molecule has 1 saturated carbocycles. The summed E-state index contributed by atoms with van der Waals surface area (Å²) in [5.74, 6) is 1.46. The van der Waals surface area contributed by atoms with E-state index in [-0.39, 0.29) is 11.6 Å². The van der Waals surface area contributed by atoms with Gasteiger partial charge < -0.3 is 15.2 Å². The second kappa shape index (κ2) is 6.87. The number of nitrogens with one attached hydrogen (secondary N) is 2. The second-order valence-electron chi connectivity index (χ2n) is 6.97. The van der Waals surface area contributed by atoms with Gasteiger partial charge in [-0.25, -0.2) is 9.97 Å². The number of hydrogen-bond donors (Lipinski definition) is 2. The van der Waals surface area contributed by atoms with Gasteiger partial charge in [0.2, 0.25) is 0 Å². The van der Waals surface area contributed by atoms with Gasteiger partial charge in [-0.05, 0) is 50.4 Å². The molecule has 0 bridgehead atoms. The maximum atomic E-state index is 13.1. The van der Waals surface area contributed by atoms with Gasteiger partial charge in [-0.2, -0.15) is 0 Å². The van der Waals surface area contributed by atoms with Crippen LogP contribution in [0.25, 0.3) is 10.8 Å². The third-order valence-electron chi connectivity index (χ3n) is 5.02. The van der Waals surface area contributed by atoms with Crippen LogP contribution in [0.15, 0.2) is 54.2 Å². The number of anilines is 2. The summed E-state index contributed by atoms with van der Waals surface area (Å²) in [5.41, 5.74) is 1.98. The number of fused-ring (bicyclic) bond motifs is 1. The molecule has 6 heteroatoms. The molecular formula is C21H23N5O. The summed E-state index contributed by atoms with van der Waals surface area (Å²) in [7, 11) is 0. The summed E-state index contributed by atoms with van der Waals surface area (Å²) in [5, 5.41) is 8.22. The first-order valence-electron chi connectivity index (χ1n) is 9.20. The van der Waals surface area contributed by atoms with Crippen molar-refractivity contribution in [3.8, 4) is 0 Å². The van der Waals surface area contributed by atoms with E-state index in [2.05, 4.69) is 40.2 Å². The fraction of sp³-hybridized carbons (Fsp3) is 0.286. The number of benzene rings is 1. The Hall–Kier alpha value is -3.15. The van der Waals surface area contributed by atoms with E-state index < -0.39 is 0 Å². The van der Waals surface area contributed by atoms with E-state index in [1.165, 1.54) is 6.33 Å². The first kappa shape index (κ1) is 17.3. The average Bonchev–Trinajstić information content (AvgIpc) is 3.50. The Labute approximate surface area is 158 Å². The van der Waals surface area contributed by atoms with Gasteiger partial charge >= 0.3 is 0 Å². The van der Waals surface area contributed by atoms with Crippen molar-refractivity contribution < 1.29 is 0 Å². The van der Waals surface area contributed by atoms with E-state index >= 15 is 0 Å². The molecule has 1 fully saturated rings. The molecule has 0 aliphatic heterocycles. The van der Waals surface area contributed by atoms with Crippen molar-refractivity contribution in [3.05, 3.63) is 71.0 Å². The van der Waals surface area contributed by atoms with E-state index in [0.29, 0.717) is 11.9 Å². The Morgan fingerprint density at radius 1 is 1.26 bits per heavy atom. The highest BCUT2D eigenvalue weighted by molar-refractivity contribution is 5.82. The van der Waals surface area contributed by atoms with Gasteiger partial charge in [0.25, 0.3) is 5.56 Å². The van der Waals surface area contributed by atoms with Crippen LogP contribution in [-0.4, -0.2) is 14.5 Å². The molecule has 4 rings (SSSR count). The normalized spacial score (nSPS) is 14.7. The van der Waals surface area contributed by atoms with E-state index in [4.69, 9.17) is 0 Å². The summed E-state index contributed by atoms with van der Waals surface area (Å²) in [6.45, 7) is 7.70. The van der Waals surface area contributed by atoms with E-state index in [1.807, 2.05) is 35.8 Å². The van der Waals surface area contributed by atoms with Crippen molar-refractivity contribution in [2.24, 2.45) is 0 Å². The van der Waals surface area contributed by atoms with Crippen LogP contribution in [-0.2, 0) is 0 Å². The lowest BCUT2D eigenvalue weighted by Crippen LogP contribution is -2.26. The van der Waals surface area contributed by atoms with Gasteiger partial charge in [0.1, 0.15) is 18.0 Å². The molecule has 27 heavy (non-hydrogen) atoms.